The van der Waals surface area contributed by atoms with Crippen molar-refractivity contribution >= 4 is 27.5 Å². The van der Waals surface area contributed by atoms with Gasteiger partial charge in [0.1, 0.15) is 0 Å². The van der Waals surface area contributed by atoms with Crippen LogP contribution < -0.4 is 0 Å². The quantitative estimate of drug-likeness (QED) is 0.294. The van der Waals surface area contributed by atoms with E-state index in [1.807, 2.05) is 0 Å². The molecule has 142 valence electrons. The number of carbonyl (C=O) groups is 2. The molecule has 0 N–H and O–H groups in total. The second-order valence-corrected chi connectivity index (χ2v) is 7.44. The summed E-state index contributed by atoms with van der Waals surface area (Å²) in [5.74, 6) is -0.153. The maximum absolute atomic E-state index is 12.3. The van der Waals surface area contributed by atoms with E-state index in [-0.39, 0.29) is 18.0 Å². The monoisotopic (exact) mass is 422 g/mol. The van der Waals surface area contributed by atoms with Gasteiger partial charge in [0.05, 0.1) is 4.48 Å². The molecule has 0 fully saturated rings. The molecular weight excluding hydrogens is 397 g/mol. The lowest BCUT2D eigenvalue weighted by molar-refractivity contribution is -0.135. The normalized spacial score (nSPS) is 16.2. The van der Waals surface area contributed by atoms with Gasteiger partial charge in [-0.3, -0.25) is 9.59 Å². The van der Waals surface area contributed by atoms with Crippen LogP contribution in [0.15, 0.2) is 21.2 Å². The third kappa shape index (κ3) is 7.47. The highest BCUT2D eigenvalue weighted by Gasteiger charge is 2.28. The van der Waals surface area contributed by atoms with Crippen LogP contribution in [0.25, 0.3) is 0 Å². The van der Waals surface area contributed by atoms with Crippen LogP contribution in [-0.2, 0) is 9.59 Å². The summed E-state index contributed by atoms with van der Waals surface area (Å²) in [4.78, 5) is 24.3. The Morgan fingerprint density at radius 3 is 1.72 bits per heavy atom. The molecule has 25 heavy (non-hydrogen) atoms. The lowest BCUT2D eigenvalue weighted by Gasteiger charge is -2.17. The molecule has 0 aliphatic heterocycles. The number of Topliss-reactive ketones (excluding diaryl/α,β-unsaturated/α-hetero) is 2. The van der Waals surface area contributed by atoms with Gasteiger partial charge >= 0.3 is 6.18 Å². The number of alkyl halides is 3. The molecule has 0 saturated carbocycles. The second-order valence-electron chi connectivity index (χ2n) is 6.64. The minimum Gasteiger partial charge on any atom is -0.289 e. The van der Waals surface area contributed by atoms with Gasteiger partial charge in [0.25, 0.3) is 0 Å². The summed E-state index contributed by atoms with van der Waals surface area (Å²) in [6.07, 6.45) is 2.28. The molecule has 0 radical (unpaired) electrons. The van der Waals surface area contributed by atoms with E-state index in [0.717, 1.165) is 38.5 Å². The number of ketones is 2. The number of rotatable bonds is 10. The number of allylic oxidation sites excluding steroid dienone is 4. The maximum atomic E-state index is 12.3. The van der Waals surface area contributed by atoms with E-state index < -0.39 is 12.6 Å². The first kappa shape index (κ1) is 22.1. The predicted octanol–water partition coefficient (Wildman–Crippen LogP) is 6.59. The molecule has 0 heterocycles. The molecule has 0 bridgehead atoms. The van der Waals surface area contributed by atoms with Crippen LogP contribution >= 0.6 is 15.9 Å². The Bertz CT molecular complexity index is 560. The van der Waals surface area contributed by atoms with Gasteiger partial charge in [0, 0.05) is 23.1 Å². The number of hydrogen-bond donors (Lipinski definition) is 0. The topological polar surface area (TPSA) is 34.1 Å². The molecule has 0 saturated heterocycles. The van der Waals surface area contributed by atoms with Gasteiger partial charge in [-0.25, -0.2) is 0 Å². The van der Waals surface area contributed by atoms with Crippen molar-refractivity contribution in [3.05, 3.63) is 21.2 Å². The van der Waals surface area contributed by atoms with Crippen LogP contribution in [0.1, 0.15) is 78.1 Å². The van der Waals surface area contributed by atoms with Crippen LogP contribution in [0.2, 0.25) is 0 Å². The van der Waals surface area contributed by atoms with E-state index in [0.29, 0.717) is 34.0 Å². The van der Waals surface area contributed by atoms with E-state index in [9.17, 15) is 22.8 Å². The highest BCUT2D eigenvalue weighted by Crippen LogP contribution is 2.31. The van der Waals surface area contributed by atoms with Crippen molar-refractivity contribution < 1.29 is 22.8 Å². The first-order chi connectivity index (χ1) is 11.6. The predicted molar refractivity (Wildman–Crippen MR) is 96.6 cm³/mol. The van der Waals surface area contributed by atoms with Gasteiger partial charge in [0.15, 0.2) is 11.6 Å². The van der Waals surface area contributed by atoms with Crippen LogP contribution in [0, 0.1) is 0 Å². The second kappa shape index (κ2) is 10.3. The van der Waals surface area contributed by atoms with Crippen molar-refractivity contribution in [2.75, 3.05) is 0 Å². The molecular formula is C19H26BrF3O2. The van der Waals surface area contributed by atoms with Crippen molar-refractivity contribution in [2.24, 2.45) is 0 Å². The first-order valence-electron chi connectivity index (χ1n) is 8.87. The molecule has 0 aromatic rings. The molecule has 1 rings (SSSR count). The van der Waals surface area contributed by atoms with E-state index in [2.05, 4.69) is 15.9 Å². The average molecular weight is 423 g/mol. The molecule has 1 aliphatic rings. The van der Waals surface area contributed by atoms with Crippen molar-refractivity contribution in [3.63, 3.8) is 0 Å². The van der Waals surface area contributed by atoms with Crippen molar-refractivity contribution in [3.8, 4) is 0 Å². The molecule has 0 atom stereocenters. The SMILES string of the molecule is CC1=C(C)C(=O)C(CCCCCCCCCCC(F)(F)F)=C(Br)C1=O. The molecule has 0 aromatic carbocycles. The van der Waals surface area contributed by atoms with Gasteiger partial charge in [-0.15, -0.1) is 0 Å². The average Bonchev–Trinajstić information content (AvgIpc) is 2.54. The fourth-order valence-electron chi connectivity index (χ4n) is 2.88. The summed E-state index contributed by atoms with van der Waals surface area (Å²) in [7, 11) is 0. The lowest BCUT2D eigenvalue weighted by atomic mass is 9.88. The molecule has 2 nitrogen and oxygen atoms in total. The third-order valence-electron chi connectivity index (χ3n) is 4.62. The van der Waals surface area contributed by atoms with Crippen LogP contribution in [-0.4, -0.2) is 17.7 Å². The van der Waals surface area contributed by atoms with Gasteiger partial charge in [-0.1, -0.05) is 38.5 Å². The molecule has 6 heteroatoms. The van der Waals surface area contributed by atoms with Crippen molar-refractivity contribution in [1.29, 1.82) is 0 Å². The minimum atomic E-state index is -4.03. The summed E-state index contributed by atoms with van der Waals surface area (Å²) >= 11 is 3.26. The van der Waals surface area contributed by atoms with Crippen molar-refractivity contribution in [1.82, 2.24) is 0 Å². The molecule has 1 aliphatic carbocycles. The number of unbranched alkanes of at least 4 members (excludes halogenated alkanes) is 7. The first-order valence-corrected chi connectivity index (χ1v) is 9.66. The fourth-order valence-corrected chi connectivity index (χ4v) is 3.56. The molecule has 0 unspecified atom stereocenters. The van der Waals surface area contributed by atoms with Crippen LogP contribution in [0.4, 0.5) is 13.2 Å². The van der Waals surface area contributed by atoms with E-state index in [1.165, 1.54) is 0 Å². The number of halogens is 4. The van der Waals surface area contributed by atoms with Crippen molar-refractivity contribution in [2.45, 2.75) is 84.2 Å². The third-order valence-corrected chi connectivity index (χ3v) is 5.46. The largest absolute Gasteiger partial charge is 0.389 e. The Hall–Kier alpha value is -0.910. The van der Waals surface area contributed by atoms with Gasteiger partial charge in [0.2, 0.25) is 0 Å². The summed E-state index contributed by atoms with van der Waals surface area (Å²) in [5, 5.41) is 0. The van der Waals surface area contributed by atoms with Crippen LogP contribution in [0.5, 0.6) is 0 Å². The zero-order valence-corrected chi connectivity index (χ0v) is 16.5. The summed E-state index contributed by atoms with van der Waals surface area (Å²) in [6.45, 7) is 3.36. The van der Waals surface area contributed by atoms with Crippen LogP contribution in [0.3, 0.4) is 0 Å². The Morgan fingerprint density at radius 2 is 1.20 bits per heavy atom. The Balaban J connectivity index is 2.16. The highest BCUT2D eigenvalue weighted by atomic mass is 79.9. The zero-order chi connectivity index (χ0) is 19.0. The zero-order valence-electron chi connectivity index (χ0n) is 14.9. The van der Waals surface area contributed by atoms with Gasteiger partial charge in [-0.2, -0.15) is 13.2 Å². The highest BCUT2D eigenvalue weighted by molar-refractivity contribution is 9.12. The molecule has 0 spiro atoms. The van der Waals surface area contributed by atoms with E-state index in [4.69, 9.17) is 0 Å². The smallest absolute Gasteiger partial charge is 0.289 e. The van der Waals surface area contributed by atoms with E-state index >= 15 is 0 Å². The summed E-state index contributed by atoms with van der Waals surface area (Å²) in [6, 6.07) is 0. The molecule has 0 amide bonds. The summed E-state index contributed by atoms with van der Waals surface area (Å²) < 4.78 is 36.4. The molecule has 0 aromatic heterocycles. The maximum Gasteiger partial charge on any atom is 0.389 e. The Morgan fingerprint density at radius 1 is 0.760 bits per heavy atom. The Labute approximate surface area is 156 Å². The van der Waals surface area contributed by atoms with Gasteiger partial charge in [-0.05, 0) is 49.0 Å². The Kier molecular flexibility index (Phi) is 9.11. The summed E-state index contributed by atoms with van der Waals surface area (Å²) in [5.41, 5.74) is 1.61. The van der Waals surface area contributed by atoms with E-state index in [1.54, 1.807) is 13.8 Å². The fraction of sp³-hybridized carbons (Fsp3) is 0.684. The number of hydrogen-bond acceptors (Lipinski definition) is 2. The standard InChI is InChI=1S/C19H26BrF3O2/c1-13-14(2)18(25)16(20)15(17(13)24)11-9-7-5-3-4-6-8-10-12-19(21,22)23/h3-12H2,1-2H3. The minimum absolute atomic E-state index is 0.0476. The van der Waals surface area contributed by atoms with Gasteiger partial charge < -0.3 is 0 Å². The number of carbonyl (C=O) groups excluding carboxylic acids is 2. The lowest BCUT2D eigenvalue weighted by Crippen LogP contribution is -2.19.